The van der Waals surface area contributed by atoms with Gasteiger partial charge in [-0.2, -0.15) is 4.98 Å². The monoisotopic (exact) mass is 356 g/mol. The number of aromatic nitrogens is 2. The molecule has 0 bridgehead atoms. The van der Waals surface area contributed by atoms with Gasteiger partial charge >= 0.3 is 6.09 Å². The Morgan fingerprint density at radius 3 is 2.77 bits per heavy atom. The molecule has 1 amide bonds. The predicted molar refractivity (Wildman–Crippen MR) is 99.5 cm³/mol. The van der Waals surface area contributed by atoms with Crippen molar-refractivity contribution in [2.75, 3.05) is 23.4 Å². The van der Waals surface area contributed by atoms with Crippen molar-refractivity contribution in [1.82, 2.24) is 9.97 Å². The summed E-state index contributed by atoms with van der Waals surface area (Å²) in [6.07, 6.45) is 1.27. The summed E-state index contributed by atoms with van der Waals surface area (Å²) in [6, 6.07) is 11.3. The normalized spacial score (nSPS) is 17.9. The molecule has 0 spiro atoms. The van der Waals surface area contributed by atoms with E-state index in [2.05, 4.69) is 29.1 Å². The number of hydrogen-bond acceptors (Lipinski definition) is 6. The zero-order valence-electron chi connectivity index (χ0n) is 15.3. The highest BCUT2D eigenvalue weighted by molar-refractivity contribution is 5.89. The average Bonchev–Trinajstić information content (AvgIpc) is 3.03. The number of carbonyl (C=O) groups excluding carboxylic acids is 1. The fraction of sp³-hybridized carbons (Fsp3) is 0.421. The van der Waals surface area contributed by atoms with Crippen LogP contribution in [-0.2, 0) is 4.74 Å². The maximum Gasteiger partial charge on any atom is 0.415 e. The smallest absolute Gasteiger partial charge is 0.415 e. The van der Waals surface area contributed by atoms with Gasteiger partial charge in [-0.1, -0.05) is 32.0 Å². The first-order valence-electron chi connectivity index (χ1n) is 8.78. The van der Waals surface area contributed by atoms with Gasteiger partial charge in [-0.3, -0.25) is 4.90 Å². The molecular formula is C19H24N4O3. The zero-order chi connectivity index (χ0) is 18.5. The number of hydrogen-bond donors (Lipinski definition) is 1. The van der Waals surface area contributed by atoms with Gasteiger partial charge in [0.05, 0.1) is 12.1 Å². The van der Waals surface area contributed by atoms with Crippen molar-refractivity contribution < 1.29 is 14.3 Å². The summed E-state index contributed by atoms with van der Waals surface area (Å²) in [4.78, 5) is 22.4. The average molecular weight is 356 g/mol. The summed E-state index contributed by atoms with van der Waals surface area (Å²) < 4.78 is 10.9. The number of ether oxygens (including phenoxy) is 2. The highest BCUT2D eigenvalue weighted by atomic mass is 16.6. The molecule has 7 nitrogen and oxygen atoms in total. The fourth-order valence-corrected chi connectivity index (χ4v) is 2.74. The molecule has 2 atom stereocenters. The van der Waals surface area contributed by atoms with E-state index in [0.29, 0.717) is 25.0 Å². The lowest BCUT2D eigenvalue weighted by molar-refractivity contribution is 0.177. The second kappa shape index (κ2) is 8.03. The number of carbonyl (C=O) groups is 1. The minimum atomic E-state index is -0.367. The van der Waals surface area contributed by atoms with Crippen molar-refractivity contribution in [1.29, 1.82) is 0 Å². The molecule has 1 saturated heterocycles. The minimum Gasteiger partial charge on any atom is -0.491 e. The quantitative estimate of drug-likeness (QED) is 0.820. The molecule has 138 valence electrons. The molecule has 2 heterocycles. The van der Waals surface area contributed by atoms with Crippen LogP contribution >= 0.6 is 0 Å². The number of amides is 1. The second-order valence-corrected chi connectivity index (χ2v) is 6.67. The van der Waals surface area contributed by atoms with Gasteiger partial charge in [0.2, 0.25) is 5.95 Å². The maximum atomic E-state index is 12.1. The minimum absolute atomic E-state index is 0.00289. The van der Waals surface area contributed by atoms with Crippen LogP contribution < -0.4 is 15.0 Å². The Labute approximate surface area is 153 Å². The third-order valence-electron chi connectivity index (χ3n) is 4.18. The number of nitrogens with one attached hydrogen (secondary N) is 1. The van der Waals surface area contributed by atoms with Gasteiger partial charge in [-0.25, -0.2) is 9.78 Å². The molecule has 1 aromatic heterocycles. The van der Waals surface area contributed by atoms with E-state index >= 15 is 0 Å². The SMILES string of the molecule is CC(COc1ccccc1)Nc1nccc(N2C(=O)OC[C@@H]2C(C)C)n1. The molecule has 0 aliphatic carbocycles. The topological polar surface area (TPSA) is 76.6 Å². The Kier molecular flexibility index (Phi) is 5.55. The molecule has 26 heavy (non-hydrogen) atoms. The largest absolute Gasteiger partial charge is 0.491 e. The highest BCUT2D eigenvalue weighted by Gasteiger charge is 2.37. The first kappa shape index (κ1) is 18.0. The van der Waals surface area contributed by atoms with Crippen LogP contribution in [0.25, 0.3) is 0 Å². The van der Waals surface area contributed by atoms with Crippen LogP contribution in [0.4, 0.5) is 16.6 Å². The van der Waals surface area contributed by atoms with Crippen LogP contribution in [0.5, 0.6) is 5.75 Å². The fourth-order valence-electron chi connectivity index (χ4n) is 2.74. The van der Waals surface area contributed by atoms with Gasteiger partial charge in [0.15, 0.2) is 0 Å². The van der Waals surface area contributed by atoms with E-state index in [4.69, 9.17) is 9.47 Å². The Morgan fingerprint density at radius 1 is 1.27 bits per heavy atom. The predicted octanol–water partition coefficient (Wildman–Crippen LogP) is 3.34. The Morgan fingerprint density at radius 2 is 2.04 bits per heavy atom. The van der Waals surface area contributed by atoms with E-state index < -0.39 is 0 Å². The summed E-state index contributed by atoms with van der Waals surface area (Å²) in [5.41, 5.74) is 0. The number of benzene rings is 1. The molecule has 7 heteroatoms. The summed E-state index contributed by atoms with van der Waals surface area (Å²) in [5.74, 6) is 2.08. The number of nitrogens with zero attached hydrogens (tertiary/aromatic N) is 3. The Balaban J connectivity index is 1.64. The van der Waals surface area contributed by atoms with E-state index in [1.165, 1.54) is 0 Å². The summed E-state index contributed by atoms with van der Waals surface area (Å²) in [6.45, 7) is 6.95. The van der Waals surface area contributed by atoms with Crippen molar-refractivity contribution in [2.45, 2.75) is 32.9 Å². The van der Waals surface area contributed by atoms with Crippen LogP contribution in [-0.4, -0.2) is 41.4 Å². The maximum absolute atomic E-state index is 12.1. The lowest BCUT2D eigenvalue weighted by Crippen LogP contribution is -2.38. The summed E-state index contributed by atoms with van der Waals surface area (Å²) in [7, 11) is 0. The third-order valence-corrected chi connectivity index (χ3v) is 4.18. The van der Waals surface area contributed by atoms with E-state index in [9.17, 15) is 4.79 Å². The van der Waals surface area contributed by atoms with Crippen molar-refractivity contribution in [3.8, 4) is 5.75 Å². The standard InChI is InChI=1S/C19H24N4O3/c1-13(2)16-12-26-19(24)23(16)17-9-10-20-18(22-17)21-14(3)11-25-15-7-5-4-6-8-15/h4-10,13-14,16H,11-12H2,1-3H3,(H,20,21,22)/t14?,16-/m1/s1. The summed E-state index contributed by atoms with van der Waals surface area (Å²) >= 11 is 0. The molecule has 0 radical (unpaired) electrons. The molecule has 1 aliphatic heterocycles. The lowest BCUT2D eigenvalue weighted by Gasteiger charge is -2.23. The highest BCUT2D eigenvalue weighted by Crippen LogP contribution is 2.25. The second-order valence-electron chi connectivity index (χ2n) is 6.67. The first-order chi connectivity index (χ1) is 12.5. The molecule has 0 saturated carbocycles. The van der Waals surface area contributed by atoms with E-state index in [-0.39, 0.29) is 24.1 Å². The first-order valence-corrected chi connectivity index (χ1v) is 8.78. The van der Waals surface area contributed by atoms with E-state index in [1.807, 2.05) is 37.3 Å². The molecule has 1 N–H and O–H groups in total. The molecule has 1 aliphatic rings. The third kappa shape index (κ3) is 4.22. The van der Waals surface area contributed by atoms with Crippen LogP contribution in [0.3, 0.4) is 0 Å². The Hall–Kier alpha value is -2.83. The van der Waals surface area contributed by atoms with Crippen molar-refractivity contribution in [2.24, 2.45) is 5.92 Å². The molecule has 2 aromatic rings. The van der Waals surface area contributed by atoms with Gasteiger partial charge in [-0.05, 0) is 31.0 Å². The number of cyclic esters (lactones) is 1. The van der Waals surface area contributed by atoms with Crippen molar-refractivity contribution in [3.63, 3.8) is 0 Å². The van der Waals surface area contributed by atoms with E-state index in [1.54, 1.807) is 17.2 Å². The number of rotatable bonds is 7. The van der Waals surface area contributed by atoms with Crippen molar-refractivity contribution >= 4 is 17.9 Å². The molecule has 3 rings (SSSR count). The zero-order valence-corrected chi connectivity index (χ0v) is 15.3. The van der Waals surface area contributed by atoms with Crippen molar-refractivity contribution in [3.05, 3.63) is 42.6 Å². The van der Waals surface area contributed by atoms with Gasteiger partial charge < -0.3 is 14.8 Å². The number of para-hydroxylation sites is 1. The van der Waals surface area contributed by atoms with Gasteiger partial charge in [0, 0.05) is 6.20 Å². The van der Waals surface area contributed by atoms with E-state index in [0.717, 1.165) is 5.75 Å². The Bertz CT molecular complexity index is 739. The number of anilines is 2. The van der Waals surface area contributed by atoms with Crippen LogP contribution in [0.2, 0.25) is 0 Å². The van der Waals surface area contributed by atoms with Gasteiger partial charge in [0.25, 0.3) is 0 Å². The van der Waals surface area contributed by atoms with Gasteiger partial charge in [0.1, 0.15) is 24.8 Å². The van der Waals surface area contributed by atoms with Crippen LogP contribution in [0, 0.1) is 5.92 Å². The van der Waals surface area contributed by atoms with Gasteiger partial charge in [-0.15, -0.1) is 0 Å². The molecule has 1 unspecified atom stereocenters. The molecular weight excluding hydrogens is 332 g/mol. The molecule has 1 aromatic carbocycles. The summed E-state index contributed by atoms with van der Waals surface area (Å²) in [5, 5.41) is 3.21. The van der Waals surface area contributed by atoms with Crippen LogP contribution in [0.1, 0.15) is 20.8 Å². The lowest BCUT2D eigenvalue weighted by atomic mass is 10.0. The van der Waals surface area contributed by atoms with Crippen LogP contribution in [0.15, 0.2) is 42.6 Å². The molecule has 1 fully saturated rings.